The second-order valence-corrected chi connectivity index (χ2v) is 7.55. The Morgan fingerprint density at radius 3 is 2.62 bits per heavy atom. The van der Waals surface area contributed by atoms with Crippen LogP contribution in [0.15, 0.2) is 12.1 Å². The molecular formula is C17H29N3O. The van der Waals surface area contributed by atoms with E-state index in [0.29, 0.717) is 23.3 Å². The molecular weight excluding hydrogens is 262 g/mol. The van der Waals surface area contributed by atoms with Crippen LogP contribution in [0.25, 0.3) is 0 Å². The highest BCUT2D eigenvalue weighted by molar-refractivity contribution is 5.12. The summed E-state index contributed by atoms with van der Waals surface area (Å²) in [5.41, 5.74) is 1.31. The first kappa shape index (κ1) is 16.2. The lowest BCUT2D eigenvalue weighted by Crippen LogP contribution is -2.34. The number of aromatic nitrogens is 2. The van der Waals surface area contributed by atoms with E-state index < -0.39 is 0 Å². The van der Waals surface area contributed by atoms with Gasteiger partial charge in [-0.3, -0.25) is 0 Å². The summed E-state index contributed by atoms with van der Waals surface area (Å²) in [5, 5.41) is 11.8. The van der Waals surface area contributed by atoms with Crippen LogP contribution in [0.5, 0.6) is 5.88 Å². The van der Waals surface area contributed by atoms with Gasteiger partial charge >= 0.3 is 0 Å². The summed E-state index contributed by atoms with van der Waals surface area (Å²) in [7, 11) is 0. The van der Waals surface area contributed by atoms with Crippen molar-refractivity contribution in [3.63, 3.8) is 0 Å². The molecule has 1 heterocycles. The first-order valence-corrected chi connectivity index (χ1v) is 8.07. The van der Waals surface area contributed by atoms with E-state index >= 15 is 0 Å². The molecule has 21 heavy (non-hydrogen) atoms. The van der Waals surface area contributed by atoms with Crippen LogP contribution in [-0.4, -0.2) is 22.3 Å². The molecule has 1 aliphatic rings. The van der Waals surface area contributed by atoms with E-state index in [1.807, 2.05) is 12.1 Å². The second kappa shape index (κ2) is 6.73. The molecule has 4 heteroatoms. The number of ether oxygens (including phenoxy) is 1. The summed E-state index contributed by atoms with van der Waals surface area (Å²) in [6, 6.07) is 4.39. The highest BCUT2D eigenvalue weighted by Crippen LogP contribution is 2.39. The molecule has 0 aliphatic heterocycles. The zero-order valence-corrected chi connectivity index (χ0v) is 14.0. The zero-order chi connectivity index (χ0) is 15.5. The lowest BCUT2D eigenvalue weighted by Gasteiger charge is -2.38. The minimum atomic E-state index is 0.262. The van der Waals surface area contributed by atoms with Crippen LogP contribution >= 0.6 is 0 Å². The van der Waals surface area contributed by atoms with Gasteiger partial charge < -0.3 is 10.1 Å². The standard InChI is InChI=1S/C17H29N3O/c1-12(2)18-11-14-6-7-16(20-19-14)21-15-8-13(3)9-17(4,5)10-15/h6-7,12-13,15,18H,8-11H2,1-5H3. The third kappa shape index (κ3) is 5.27. The van der Waals surface area contributed by atoms with Gasteiger partial charge in [-0.25, -0.2) is 0 Å². The number of hydrogen-bond donors (Lipinski definition) is 1. The third-order valence-corrected chi connectivity index (χ3v) is 4.02. The topological polar surface area (TPSA) is 47.0 Å². The van der Waals surface area contributed by atoms with E-state index in [-0.39, 0.29) is 6.10 Å². The molecule has 1 saturated carbocycles. The molecule has 1 aromatic heterocycles. The molecule has 0 saturated heterocycles. The van der Waals surface area contributed by atoms with Crippen LogP contribution < -0.4 is 10.1 Å². The van der Waals surface area contributed by atoms with Crippen molar-refractivity contribution in [3.05, 3.63) is 17.8 Å². The second-order valence-electron chi connectivity index (χ2n) is 7.55. The number of hydrogen-bond acceptors (Lipinski definition) is 4. The molecule has 1 aromatic rings. The molecule has 118 valence electrons. The minimum absolute atomic E-state index is 0.262. The molecule has 0 bridgehead atoms. The van der Waals surface area contributed by atoms with E-state index in [2.05, 4.69) is 50.1 Å². The normalized spacial score (nSPS) is 25.0. The van der Waals surface area contributed by atoms with Gasteiger partial charge in [-0.15, -0.1) is 5.10 Å². The Bertz CT molecular complexity index is 442. The van der Waals surface area contributed by atoms with E-state index in [1.165, 1.54) is 6.42 Å². The molecule has 4 nitrogen and oxygen atoms in total. The van der Waals surface area contributed by atoms with Gasteiger partial charge in [0.15, 0.2) is 0 Å². The molecule has 1 fully saturated rings. The molecule has 0 spiro atoms. The maximum Gasteiger partial charge on any atom is 0.233 e. The van der Waals surface area contributed by atoms with Crippen LogP contribution in [-0.2, 0) is 6.54 Å². The van der Waals surface area contributed by atoms with E-state index in [0.717, 1.165) is 25.1 Å². The predicted molar refractivity (Wildman–Crippen MR) is 85.2 cm³/mol. The molecule has 2 atom stereocenters. The molecule has 2 rings (SSSR count). The lowest BCUT2D eigenvalue weighted by atomic mass is 9.71. The summed E-state index contributed by atoms with van der Waals surface area (Å²) in [6.07, 6.45) is 3.74. The zero-order valence-electron chi connectivity index (χ0n) is 14.0. The summed E-state index contributed by atoms with van der Waals surface area (Å²) in [6.45, 7) is 12.0. The number of rotatable bonds is 5. The fourth-order valence-corrected chi connectivity index (χ4v) is 3.33. The van der Waals surface area contributed by atoms with Gasteiger partial charge in [0.05, 0.1) is 5.69 Å². The van der Waals surface area contributed by atoms with Gasteiger partial charge in [-0.2, -0.15) is 5.10 Å². The van der Waals surface area contributed by atoms with Crippen molar-refractivity contribution < 1.29 is 4.74 Å². The van der Waals surface area contributed by atoms with Crippen molar-refractivity contribution in [1.29, 1.82) is 0 Å². The van der Waals surface area contributed by atoms with Crippen molar-refractivity contribution in [2.75, 3.05) is 0 Å². The lowest BCUT2D eigenvalue weighted by molar-refractivity contribution is 0.0525. The third-order valence-electron chi connectivity index (χ3n) is 4.02. The molecule has 0 radical (unpaired) electrons. The van der Waals surface area contributed by atoms with Gasteiger partial charge in [0.25, 0.3) is 0 Å². The Balaban J connectivity index is 1.91. The first-order chi connectivity index (χ1) is 9.84. The predicted octanol–water partition coefficient (Wildman–Crippen LogP) is 3.57. The van der Waals surface area contributed by atoms with E-state index in [1.54, 1.807) is 0 Å². The smallest absolute Gasteiger partial charge is 0.233 e. The molecule has 0 aromatic carbocycles. The Hall–Kier alpha value is -1.16. The van der Waals surface area contributed by atoms with Crippen LogP contribution in [0.1, 0.15) is 59.6 Å². The fourth-order valence-electron chi connectivity index (χ4n) is 3.33. The Morgan fingerprint density at radius 2 is 2.05 bits per heavy atom. The van der Waals surface area contributed by atoms with Gasteiger partial charge in [0.2, 0.25) is 5.88 Å². The van der Waals surface area contributed by atoms with Crippen LogP contribution in [0.3, 0.4) is 0 Å². The van der Waals surface area contributed by atoms with Crippen molar-refractivity contribution in [1.82, 2.24) is 15.5 Å². The van der Waals surface area contributed by atoms with E-state index in [4.69, 9.17) is 4.74 Å². The molecule has 2 unspecified atom stereocenters. The van der Waals surface area contributed by atoms with Crippen LogP contribution in [0, 0.1) is 11.3 Å². The van der Waals surface area contributed by atoms with Gasteiger partial charge in [-0.05, 0) is 36.7 Å². The van der Waals surface area contributed by atoms with Crippen LogP contribution in [0.2, 0.25) is 0 Å². The summed E-state index contributed by atoms with van der Waals surface area (Å²) in [5.74, 6) is 1.36. The SMILES string of the molecule is CC1CC(Oc2ccc(CNC(C)C)nn2)CC(C)(C)C1. The van der Waals surface area contributed by atoms with Crippen molar-refractivity contribution in [3.8, 4) is 5.88 Å². The molecule has 1 aliphatic carbocycles. The molecule has 0 amide bonds. The average Bonchev–Trinajstić information content (AvgIpc) is 2.35. The largest absolute Gasteiger partial charge is 0.473 e. The average molecular weight is 291 g/mol. The Morgan fingerprint density at radius 1 is 1.29 bits per heavy atom. The highest BCUT2D eigenvalue weighted by atomic mass is 16.5. The summed E-state index contributed by atoms with van der Waals surface area (Å²) >= 11 is 0. The number of nitrogens with one attached hydrogen (secondary N) is 1. The van der Waals surface area contributed by atoms with Crippen molar-refractivity contribution >= 4 is 0 Å². The highest BCUT2D eigenvalue weighted by Gasteiger charge is 2.33. The fraction of sp³-hybridized carbons (Fsp3) is 0.765. The van der Waals surface area contributed by atoms with Gasteiger partial charge in [0.1, 0.15) is 6.10 Å². The van der Waals surface area contributed by atoms with E-state index in [9.17, 15) is 0 Å². The summed E-state index contributed by atoms with van der Waals surface area (Å²) < 4.78 is 6.05. The summed E-state index contributed by atoms with van der Waals surface area (Å²) in [4.78, 5) is 0. The van der Waals surface area contributed by atoms with Crippen LogP contribution in [0.4, 0.5) is 0 Å². The number of nitrogens with zero attached hydrogens (tertiary/aromatic N) is 2. The maximum atomic E-state index is 6.05. The van der Waals surface area contributed by atoms with Gasteiger partial charge in [-0.1, -0.05) is 34.6 Å². The Labute approximate surface area is 128 Å². The van der Waals surface area contributed by atoms with Crippen molar-refractivity contribution in [2.24, 2.45) is 11.3 Å². The van der Waals surface area contributed by atoms with Crippen molar-refractivity contribution in [2.45, 2.75) is 72.6 Å². The minimum Gasteiger partial charge on any atom is -0.473 e. The first-order valence-electron chi connectivity index (χ1n) is 8.07. The monoisotopic (exact) mass is 291 g/mol. The molecule has 1 N–H and O–H groups in total. The maximum absolute atomic E-state index is 6.05. The van der Waals surface area contributed by atoms with Gasteiger partial charge in [0, 0.05) is 18.7 Å². The quantitative estimate of drug-likeness (QED) is 0.901. The Kier molecular flexibility index (Phi) is 5.20.